The summed E-state index contributed by atoms with van der Waals surface area (Å²) >= 11 is 5.50. The molecule has 0 aliphatic heterocycles. The number of nitrogens with one attached hydrogen (secondary N) is 1. The van der Waals surface area contributed by atoms with Crippen molar-refractivity contribution in [3.05, 3.63) is 58.9 Å². The molecule has 0 fully saturated rings. The van der Waals surface area contributed by atoms with Crippen molar-refractivity contribution < 1.29 is 30.4 Å². The number of hydrogen-bond donors (Lipinski definition) is 1. The van der Waals surface area contributed by atoms with Crippen LogP contribution in [0.3, 0.4) is 0 Å². The summed E-state index contributed by atoms with van der Waals surface area (Å²) in [5.41, 5.74) is -1.01. The Morgan fingerprint density at radius 2 is 1.79 bits per heavy atom. The lowest BCUT2D eigenvalue weighted by Gasteiger charge is -2.17. The first-order valence-electron chi connectivity index (χ1n) is 8.06. The summed E-state index contributed by atoms with van der Waals surface area (Å²) in [5, 5.41) is -0.663. The van der Waals surface area contributed by atoms with Crippen LogP contribution in [0.1, 0.15) is 30.9 Å². The van der Waals surface area contributed by atoms with E-state index in [0.29, 0.717) is 10.6 Å². The van der Waals surface area contributed by atoms with Gasteiger partial charge in [0.25, 0.3) is 0 Å². The SMILES string of the molecule is C[C@@H](NS(=O)(=O)c1ccc(Cl)c(C(F)(F)F)c1)c1nc2ccccc2n1C(F)F. The minimum Gasteiger partial charge on any atom is -0.269 e. The Labute approximate surface area is 167 Å². The van der Waals surface area contributed by atoms with Crippen molar-refractivity contribution in [1.29, 1.82) is 0 Å². The molecule has 0 saturated carbocycles. The number of sulfonamides is 1. The fourth-order valence-electron chi connectivity index (χ4n) is 2.82. The van der Waals surface area contributed by atoms with Crippen LogP contribution in [0.5, 0.6) is 0 Å². The van der Waals surface area contributed by atoms with Crippen LogP contribution < -0.4 is 4.72 Å². The fourth-order valence-corrected chi connectivity index (χ4v) is 4.27. The number of hydrogen-bond acceptors (Lipinski definition) is 3. The van der Waals surface area contributed by atoms with Gasteiger partial charge in [-0.3, -0.25) is 4.57 Å². The predicted molar refractivity (Wildman–Crippen MR) is 96.2 cm³/mol. The van der Waals surface area contributed by atoms with Gasteiger partial charge in [-0.2, -0.15) is 22.0 Å². The molecule has 0 aliphatic rings. The maximum atomic E-state index is 13.5. The summed E-state index contributed by atoms with van der Waals surface area (Å²) in [6.45, 7) is -1.74. The molecule has 3 rings (SSSR count). The number of alkyl halides is 5. The van der Waals surface area contributed by atoms with Gasteiger partial charge in [-0.15, -0.1) is 0 Å². The van der Waals surface area contributed by atoms with Gasteiger partial charge >= 0.3 is 12.7 Å². The highest BCUT2D eigenvalue weighted by Gasteiger charge is 2.35. The highest BCUT2D eigenvalue weighted by molar-refractivity contribution is 7.89. The number of benzene rings is 2. The van der Waals surface area contributed by atoms with Crippen molar-refractivity contribution in [2.75, 3.05) is 0 Å². The lowest BCUT2D eigenvalue weighted by Crippen LogP contribution is -2.29. The first-order chi connectivity index (χ1) is 13.4. The molecule has 29 heavy (non-hydrogen) atoms. The quantitative estimate of drug-likeness (QED) is 0.544. The van der Waals surface area contributed by atoms with Crippen LogP contribution in [-0.2, 0) is 16.2 Å². The maximum Gasteiger partial charge on any atom is 0.417 e. The van der Waals surface area contributed by atoms with Crippen LogP contribution in [0.15, 0.2) is 47.4 Å². The smallest absolute Gasteiger partial charge is 0.269 e. The number of halogens is 6. The van der Waals surface area contributed by atoms with E-state index < -0.39 is 44.3 Å². The van der Waals surface area contributed by atoms with Gasteiger partial charge in [0.05, 0.1) is 32.6 Å². The van der Waals surface area contributed by atoms with E-state index in [-0.39, 0.29) is 16.9 Å². The van der Waals surface area contributed by atoms with Crippen LogP contribution >= 0.6 is 11.6 Å². The zero-order valence-corrected chi connectivity index (χ0v) is 16.2. The third-order valence-corrected chi connectivity index (χ3v) is 5.96. The zero-order chi connectivity index (χ0) is 21.6. The molecule has 1 aromatic heterocycles. The largest absolute Gasteiger partial charge is 0.417 e. The lowest BCUT2D eigenvalue weighted by atomic mass is 10.2. The van der Waals surface area contributed by atoms with Gasteiger partial charge in [0.1, 0.15) is 5.82 Å². The molecule has 0 aliphatic carbocycles. The molecule has 0 radical (unpaired) electrons. The minimum atomic E-state index is -4.86. The number of fused-ring (bicyclic) bond motifs is 1. The lowest BCUT2D eigenvalue weighted by molar-refractivity contribution is -0.137. The zero-order valence-electron chi connectivity index (χ0n) is 14.6. The molecule has 0 bridgehead atoms. The highest BCUT2D eigenvalue weighted by Crippen LogP contribution is 2.36. The van der Waals surface area contributed by atoms with Crippen molar-refractivity contribution in [2.24, 2.45) is 0 Å². The second-order valence-corrected chi connectivity index (χ2v) is 8.21. The number of aromatic nitrogens is 2. The third-order valence-electron chi connectivity index (χ3n) is 4.09. The van der Waals surface area contributed by atoms with Crippen molar-refractivity contribution in [3.63, 3.8) is 0 Å². The average Bonchev–Trinajstić information content (AvgIpc) is 3.00. The number of para-hydroxylation sites is 2. The summed E-state index contributed by atoms with van der Waals surface area (Å²) in [4.78, 5) is 3.33. The third kappa shape index (κ3) is 4.21. The Bertz CT molecular complexity index is 1160. The molecule has 0 saturated heterocycles. The molecule has 1 heterocycles. The minimum absolute atomic E-state index is 0.0920. The monoisotopic (exact) mass is 453 g/mol. The highest BCUT2D eigenvalue weighted by atomic mass is 35.5. The normalized spacial score (nSPS) is 13.9. The Morgan fingerprint density at radius 3 is 2.41 bits per heavy atom. The molecule has 0 spiro atoms. The van der Waals surface area contributed by atoms with E-state index in [9.17, 15) is 30.4 Å². The van der Waals surface area contributed by atoms with Crippen molar-refractivity contribution in [2.45, 2.75) is 30.6 Å². The van der Waals surface area contributed by atoms with Gasteiger partial charge in [-0.05, 0) is 37.3 Å². The van der Waals surface area contributed by atoms with Gasteiger partial charge in [0.2, 0.25) is 10.0 Å². The first kappa shape index (κ1) is 21.5. The molecule has 0 amide bonds. The van der Waals surface area contributed by atoms with E-state index in [4.69, 9.17) is 11.6 Å². The second kappa shape index (κ2) is 7.54. The summed E-state index contributed by atoms with van der Waals surface area (Å²) in [6.07, 6.45) is -4.86. The average molecular weight is 454 g/mol. The van der Waals surface area contributed by atoms with E-state index >= 15 is 0 Å². The summed E-state index contributed by atoms with van der Waals surface area (Å²) in [6, 6.07) is 6.80. The number of nitrogens with zero attached hydrogens (tertiary/aromatic N) is 2. The van der Waals surface area contributed by atoms with Crippen molar-refractivity contribution >= 4 is 32.7 Å². The summed E-state index contributed by atoms with van der Waals surface area (Å²) < 4.78 is 93.9. The molecule has 2 aromatic carbocycles. The first-order valence-corrected chi connectivity index (χ1v) is 9.92. The van der Waals surface area contributed by atoms with Crippen molar-refractivity contribution in [3.8, 4) is 0 Å². The molecule has 1 N–H and O–H groups in total. The molecular formula is C17H13ClF5N3O2S. The Hall–Kier alpha value is -2.24. The van der Waals surface area contributed by atoms with Crippen LogP contribution in [0.2, 0.25) is 5.02 Å². The maximum absolute atomic E-state index is 13.5. The molecule has 1 atom stereocenters. The Morgan fingerprint density at radius 1 is 1.14 bits per heavy atom. The topological polar surface area (TPSA) is 64.0 Å². The van der Waals surface area contributed by atoms with Crippen molar-refractivity contribution in [1.82, 2.24) is 14.3 Å². The molecule has 12 heteroatoms. The summed E-state index contributed by atoms with van der Waals surface area (Å²) in [7, 11) is -4.49. The Balaban J connectivity index is 2.00. The summed E-state index contributed by atoms with van der Waals surface area (Å²) in [5.74, 6) is -0.283. The van der Waals surface area contributed by atoms with Gasteiger partial charge in [-0.25, -0.2) is 18.1 Å². The molecule has 5 nitrogen and oxygen atoms in total. The van der Waals surface area contributed by atoms with E-state index in [1.54, 1.807) is 6.07 Å². The molecule has 3 aromatic rings. The molecule has 0 unspecified atom stereocenters. The Kier molecular flexibility index (Phi) is 5.58. The van der Waals surface area contributed by atoms with Gasteiger partial charge in [0, 0.05) is 0 Å². The van der Waals surface area contributed by atoms with E-state index in [1.807, 2.05) is 0 Å². The van der Waals surface area contributed by atoms with Crippen LogP contribution in [0.25, 0.3) is 11.0 Å². The fraction of sp³-hybridized carbons (Fsp3) is 0.235. The number of imidazole rings is 1. The predicted octanol–water partition coefficient (Wildman–Crippen LogP) is 5.14. The molecular weight excluding hydrogens is 441 g/mol. The van der Waals surface area contributed by atoms with Gasteiger partial charge < -0.3 is 0 Å². The number of rotatable bonds is 5. The van der Waals surface area contributed by atoms with E-state index in [1.165, 1.54) is 25.1 Å². The molecule has 156 valence electrons. The van der Waals surface area contributed by atoms with E-state index in [0.717, 1.165) is 12.1 Å². The van der Waals surface area contributed by atoms with Crippen LogP contribution in [0.4, 0.5) is 22.0 Å². The van der Waals surface area contributed by atoms with Crippen LogP contribution in [0, 0.1) is 0 Å². The second-order valence-electron chi connectivity index (χ2n) is 6.09. The van der Waals surface area contributed by atoms with Crippen LogP contribution in [-0.4, -0.2) is 18.0 Å². The van der Waals surface area contributed by atoms with E-state index in [2.05, 4.69) is 9.71 Å². The van der Waals surface area contributed by atoms with Gasteiger partial charge in [0.15, 0.2) is 0 Å². The standard InChI is InChI=1S/C17H13ClF5N3O2S/c1-9(15-24-13-4-2-3-5-14(13)26(15)16(19)20)25-29(27,28)10-6-7-12(18)11(8-10)17(21,22)23/h2-9,16,25H,1H3/t9-/m1/s1. The van der Waals surface area contributed by atoms with Gasteiger partial charge in [-0.1, -0.05) is 23.7 Å².